The van der Waals surface area contributed by atoms with Gasteiger partial charge in [0.25, 0.3) is 5.91 Å². The molecule has 5 aromatic rings. The Bertz CT molecular complexity index is 1670. The molecule has 5 rings (SSSR count). The van der Waals surface area contributed by atoms with Crippen molar-refractivity contribution in [3.63, 3.8) is 0 Å². The van der Waals surface area contributed by atoms with Gasteiger partial charge >= 0.3 is 0 Å². The number of imidazole rings is 1. The summed E-state index contributed by atoms with van der Waals surface area (Å²) in [5.74, 6) is 1.46. The molecule has 0 unspecified atom stereocenters. The molecule has 0 aliphatic heterocycles. The van der Waals surface area contributed by atoms with E-state index in [9.17, 15) is 4.79 Å². The first kappa shape index (κ1) is 27.6. The number of amidine groups is 1. The molecule has 1 amide bonds. The van der Waals surface area contributed by atoms with Gasteiger partial charge < -0.3 is 19.9 Å². The van der Waals surface area contributed by atoms with Crippen molar-refractivity contribution in [2.75, 3.05) is 30.9 Å². The lowest BCUT2D eigenvalue weighted by atomic mass is 10.0. The second-order valence-corrected chi connectivity index (χ2v) is 9.78. The normalized spacial score (nSPS) is 11.5. The summed E-state index contributed by atoms with van der Waals surface area (Å²) in [6, 6.07) is 23.5. The Hall–Kier alpha value is -4.98. The van der Waals surface area contributed by atoms with E-state index in [1.165, 1.54) is 0 Å². The Labute approximate surface area is 240 Å². The number of aliphatic imine (C=N–C) groups is 1. The molecule has 0 radical (unpaired) electrons. The van der Waals surface area contributed by atoms with Crippen LogP contribution in [0, 0.1) is 6.92 Å². The van der Waals surface area contributed by atoms with E-state index in [2.05, 4.69) is 40.5 Å². The number of nitrogens with zero attached hydrogens (tertiary/aromatic N) is 5. The zero-order valence-electron chi connectivity index (χ0n) is 23.9. The van der Waals surface area contributed by atoms with Gasteiger partial charge in [0.15, 0.2) is 11.5 Å². The zero-order valence-corrected chi connectivity index (χ0v) is 23.9. The minimum Gasteiger partial charge on any atom is -0.373 e. The molecule has 0 aliphatic carbocycles. The van der Waals surface area contributed by atoms with Crippen LogP contribution in [0.4, 0.5) is 17.2 Å². The molecule has 0 atom stereocenters. The number of unbranched alkanes of at least 4 members (excludes halogenated alkanes) is 1. The van der Waals surface area contributed by atoms with E-state index < -0.39 is 0 Å². The van der Waals surface area contributed by atoms with E-state index in [-0.39, 0.29) is 5.91 Å². The van der Waals surface area contributed by atoms with Crippen molar-refractivity contribution in [2.45, 2.75) is 26.7 Å². The van der Waals surface area contributed by atoms with Crippen LogP contribution < -0.4 is 15.5 Å². The molecule has 0 saturated heterocycles. The second kappa shape index (κ2) is 12.5. The SMILES string of the molecule is CCCCN(C(=O)c1ccccc1)c1cccc(-c2cn3ccnc3c(Nc3ccc(C(=NC)NC)cc3)n2)c1C. The van der Waals surface area contributed by atoms with Gasteiger partial charge in [-0.25, -0.2) is 9.97 Å². The Morgan fingerprint density at radius 1 is 1.00 bits per heavy atom. The number of hydrogen-bond donors (Lipinski definition) is 2. The standard InChI is InChI=1S/C33H35N7O/c1-5-6-20-40(33(41)25-11-8-7-9-12-25)29-14-10-13-27(23(29)2)28-22-39-21-19-36-32(39)31(38-28)37-26-17-15-24(16-18-26)30(34-3)35-4/h7-19,21-22H,5-6,20H2,1-4H3,(H,34,35)(H,37,38). The average Bonchev–Trinajstić information content (AvgIpc) is 3.49. The van der Waals surface area contributed by atoms with E-state index in [0.29, 0.717) is 17.9 Å². The van der Waals surface area contributed by atoms with Crippen molar-refractivity contribution in [2.24, 2.45) is 4.99 Å². The molecule has 0 fully saturated rings. The summed E-state index contributed by atoms with van der Waals surface area (Å²) in [5.41, 5.74) is 6.91. The van der Waals surface area contributed by atoms with Crippen LogP contribution in [0.3, 0.4) is 0 Å². The van der Waals surface area contributed by atoms with Crippen molar-refractivity contribution in [1.82, 2.24) is 19.7 Å². The molecule has 41 heavy (non-hydrogen) atoms. The van der Waals surface area contributed by atoms with Crippen LogP contribution in [-0.2, 0) is 0 Å². The fraction of sp³-hybridized carbons (Fsp3) is 0.212. The number of aromatic nitrogens is 3. The summed E-state index contributed by atoms with van der Waals surface area (Å²) >= 11 is 0. The number of anilines is 3. The van der Waals surface area contributed by atoms with Gasteiger partial charge in [-0.3, -0.25) is 9.79 Å². The largest absolute Gasteiger partial charge is 0.373 e. The van der Waals surface area contributed by atoms with E-state index in [1.54, 1.807) is 13.2 Å². The molecule has 0 spiro atoms. The summed E-state index contributed by atoms with van der Waals surface area (Å²) in [7, 11) is 3.62. The van der Waals surface area contributed by atoms with Crippen molar-refractivity contribution >= 4 is 34.6 Å². The van der Waals surface area contributed by atoms with Crippen LogP contribution in [0.25, 0.3) is 16.9 Å². The Kier molecular flexibility index (Phi) is 8.39. The second-order valence-electron chi connectivity index (χ2n) is 9.78. The lowest BCUT2D eigenvalue weighted by Gasteiger charge is -2.26. The minimum absolute atomic E-state index is 0.00216. The smallest absolute Gasteiger partial charge is 0.258 e. The third kappa shape index (κ3) is 5.82. The molecule has 3 aromatic carbocycles. The quantitative estimate of drug-likeness (QED) is 0.163. The lowest BCUT2D eigenvalue weighted by molar-refractivity contribution is 0.0986. The van der Waals surface area contributed by atoms with Crippen LogP contribution in [0.15, 0.2) is 96.4 Å². The predicted octanol–water partition coefficient (Wildman–Crippen LogP) is 6.49. The van der Waals surface area contributed by atoms with E-state index in [4.69, 9.17) is 4.98 Å². The van der Waals surface area contributed by atoms with Crippen molar-refractivity contribution in [3.05, 3.63) is 108 Å². The number of carbonyl (C=O) groups excluding carboxylic acids is 1. The van der Waals surface area contributed by atoms with E-state index in [0.717, 1.165) is 58.1 Å². The minimum atomic E-state index is -0.00216. The number of rotatable bonds is 9. The fourth-order valence-electron chi connectivity index (χ4n) is 4.96. The molecule has 8 nitrogen and oxygen atoms in total. The van der Waals surface area contributed by atoms with Crippen molar-refractivity contribution < 1.29 is 4.79 Å². The lowest BCUT2D eigenvalue weighted by Crippen LogP contribution is -2.32. The number of nitrogens with one attached hydrogen (secondary N) is 2. The highest BCUT2D eigenvalue weighted by molar-refractivity contribution is 6.07. The zero-order chi connectivity index (χ0) is 28.8. The van der Waals surface area contributed by atoms with Gasteiger partial charge in [0.2, 0.25) is 0 Å². The van der Waals surface area contributed by atoms with Crippen LogP contribution >= 0.6 is 0 Å². The van der Waals surface area contributed by atoms with Crippen molar-refractivity contribution in [1.29, 1.82) is 0 Å². The molecule has 2 heterocycles. The summed E-state index contributed by atoms with van der Waals surface area (Å²) in [6.45, 7) is 4.84. The summed E-state index contributed by atoms with van der Waals surface area (Å²) in [4.78, 5) is 29.4. The van der Waals surface area contributed by atoms with Gasteiger partial charge in [-0.1, -0.05) is 43.7 Å². The molecule has 208 valence electrons. The summed E-state index contributed by atoms with van der Waals surface area (Å²) in [5, 5.41) is 6.56. The highest BCUT2D eigenvalue weighted by Crippen LogP contribution is 2.33. The molecule has 0 aliphatic rings. The number of fused-ring (bicyclic) bond motifs is 1. The first-order chi connectivity index (χ1) is 20.0. The highest BCUT2D eigenvalue weighted by atomic mass is 16.2. The molecular formula is C33H35N7O. The first-order valence-corrected chi connectivity index (χ1v) is 13.9. The predicted molar refractivity (Wildman–Crippen MR) is 167 cm³/mol. The topological polar surface area (TPSA) is 86.9 Å². The van der Waals surface area contributed by atoms with Crippen LogP contribution in [-0.4, -0.2) is 46.8 Å². The number of amides is 1. The number of carbonyl (C=O) groups is 1. The number of benzene rings is 3. The monoisotopic (exact) mass is 545 g/mol. The van der Waals surface area contributed by atoms with Gasteiger partial charge in [0, 0.05) is 67.3 Å². The Morgan fingerprint density at radius 3 is 2.49 bits per heavy atom. The Morgan fingerprint density at radius 2 is 1.78 bits per heavy atom. The van der Waals surface area contributed by atoms with Gasteiger partial charge in [-0.15, -0.1) is 0 Å². The molecular weight excluding hydrogens is 510 g/mol. The molecule has 0 saturated carbocycles. The van der Waals surface area contributed by atoms with Gasteiger partial charge in [0.05, 0.1) is 5.69 Å². The van der Waals surface area contributed by atoms with Crippen LogP contribution in [0.2, 0.25) is 0 Å². The number of hydrogen-bond acceptors (Lipinski definition) is 5. The maximum Gasteiger partial charge on any atom is 0.258 e. The van der Waals surface area contributed by atoms with Crippen LogP contribution in [0.1, 0.15) is 41.3 Å². The van der Waals surface area contributed by atoms with Gasteiger partial charge in [-0.2, -0.15) is 0 Å². The van der Waals surface area contributed by atoms with E-state index >= 15 is 0 Å². The highest BCUT2D eigenvalue weighted by Gasteiger charge is 2.21. The summed E-state index contributed by atoms with van der Waals surface area (Å²) < 4.78 is 1.97. The first-order valence-electron chi connectivity index (χ1n) is 13.9. The molecule has 0 bridgehead atoms. The maximum absolute atomic E-state index is 13.6. The maximum atomic E-state index is 13.6. The third-order valence-corrected chi connectivity index (χ3v) is 7.13. The fourth-order valence-corrected chi connectivity index (χ4v) is 4.96. The molecule has 2 N–H and O–H groups in total. The van der Waals surface area contributed by atoms with Crippen molar-refractivity contribution in [3.8, 4) is 11.3 Å². The average molecular weight is 546 g/mol. The molecule has 2 aromatic heterocycles. The Balaban J connectivity index is 1.53. The van der Waals surface area contributed by atoms with Gasteiger partial charge in [-0.05, 0) is 61.4 Å². The molecule has 8 heteroatoms. The summed E-state index contributed by atoms with van der Waals surface area (Å²) in [6.07, 6.45) is 7.56. The third-order valence-electron chi connectivity index (χ3n) is 7.13. The van der Waals surface area contributed by atoms with Crippen LogP contribution in [0.5, 0.6) is 0 Å². The van der Waals surface area contributed by atoms with E-state index in [1.807, 2.05) is 95.5 Å². The van der Waals surface area contributed by atoms with Gasteiger partial charge in [0.1, 0.15) is 5.84 Å².